The van der Waals surface area contributed by atoms with E-state index in [-0.39, 0.29) is 5.16 Å². The van der Waals surface area contributed by atoms with Crippen molar-refractivity contribution < 1.29 is 8.42 Å². The molecular weight excluding hydrogens is 232 g/mol. The molecule has 0 fully saturated rings. The maximum atomic E-state index is 11.2. The van der Waals surface area contributed by atoms with Gasteiger partial charge >= 0.3 is 0 Å². The fourth-order valence-electron chi connectivity index (χ4n) is 1.38. The first-order chi connectivity index (χ1) is 7.41. The molecule has 2 rings (SSSR count). The molecule has 0 amide bonds. The van der Waals surface area contributed by atoms with Gasteiger partial charge in [0.25, 0.3) is 15.2 Å². The van der Waals surface area contributed by atoms with Crippen LogP contribution >= 0.6 is 0 Å². The number of hydrogen-bond donors (Lipinski definition) is 1. The van der Waals surface area contributed by atoms with Crippen LogP contribution in [0.5, 0.6) is 0 Å². The predicted octanol–water partition coefficient (Wildman–Crippen LogP) is -1.14. The molecule has 8 nitrogen and oxygen atoms in total. The molecular formula is C7H10N6O2S. The monoisotopic (exact) mass is 242 g/mol. The molecule has 0 radical (unpaired) electrons. The lowest BCUT2D eigenvalue weighted by Gasteiger charge is -2.02. The Hall–Kier alpha value is -1.74. The summed E-state index contributed by atoms with van der Waals surface area (Å²) < 4.78 is 25.2. The third-order valence-electron chi connectivity index (χ3n) is 2.14. The second-order valence-electron chi connectivity index (χ2n) is 3.25. The molecule has 0 aromatic carbocycles. The molecule has 16 heavy (non-hydrogen) atoms. The fourth-order valence-corrected chi connectivity index (χ4v) is 2.00. The van der Waals surface area contributed by atoms with Gasteiger partial charge in [-0.25, -0.2) is 13.6 Å². The van der Waals surface area contributed by atoms with Crippen molar-refractivity contribution in [1.82, 2.24) is 24.5 Å². The van der Waals surface area contributed by atoms with Gasteiger partial charge in [-0.15, -0.1) is 10.2 Å². The van der Waals surface area contributed by atoms with Crippen molar-refractivity contribution in [2.24, 2.45) is 19.2 Å². The highest BCUT2D eigenvalue weighted by molar-refractivity contribution is 7.89. The Bertz CT molecular complexity index is 625. The van der Waals surface area contributed by atoms with Crippen molar-refractivity contribution >= 4 is 10.0 Å². The summed E-state index contributed by atoms with van der Waals surface area (Å²) in [5, 5.41) is 16.0. The number of primary sulfonamides is 1. The predicted molar refractivity (Wildman–Crippen MR) is 54.6 cm³/mol. The van der Waals surface area contributed by atoms with E-state index in [4.69, 9.17) is 5.14 Å². The minimum absolute atomic E-state index is 0.274. The third-order valence-corrected chi connectivity index (χ3v) is 3.00. The molecule has 0 atom stereocenters. The quantitative estimate of drug-likeness (QED) is 0.716. The number of nitrogens with two attached hydrogens (primary N) is 1. The highest BCUT2D eigenvalue weighted by Crippen LogP contribution is 2.16. The van der Waals surface area contributed by atoms with E-state index in [2.05, 4.69) is 15.3 Å². The maximum absolute atomic E-state index is 11.2. The smallest absolute Gasteiger partial charge is 0.273 e. The molecule has 2 heterocycles. The van der Waals surface area contributed by atoms with Gasteiger partial charge in [0.2, 0.25) is 0 Å². The van der Waals surface area contributed by atoms with Crippen LogP contribution in [0, 0.1) is 0 Å². The first-order valence-corrected chi connectivity index (χ1v) is 5.86. The van der Waals surface area contributed by atoms with Crippen molar-refractivity contribution in [3.05, 3.63) is 12.3 Å². The molecule has 0 bridgehead atoms. The lowest BCUT2D eigenvalue weighted by atomic mass is 10.4. The molecule has 2 aromatic heterocycles. The Morgan fingerprint density at radius 3 is 2.44 bits per heavy atom. The molecule has 86 valence electrons. The van der Waals surface area contributed by atoms with Crippen LogP contribution in [-0.2, 0) is 24.1 Å². The second kappa shape index (κ2) is 3.39. The molecule has 0 aliphatic rings. The van der Waals surface area contributed by atoms with Crippen molar-refractivity contribution in [3.8, 4) is 11.5 Å². The molecule has 0 spiro atoms. The second-order valence-corrected chi connectivity index (χ2v) is 4.71. The number of nitrogens with zero attached hydrogens (tertiary/aromatic N) is 5. The average molecular weight is 242 g/mol. The van der Waals surface area contributed by atoms with Gasteiger partial charge in [0.15, 0.2) is 5.82 Å². The SMILES string of the molecule is Cn1nccc1-c1nnc(S(N)(=O)=O)n1C. The molecule has 2 N–H and O–H groups in total. The van der Waals surface area contributed by atoms with E-state index in [9.17, 15) is 8.42 Å². The third kappa shape index (κ3) is 1.59. The molecule has 0 unspecified atom stereocenters. The Balaban J connectivity index is 2.63. The highest BCUT2D eigenvalue weighted by Gasteiger charge is 2.20. The summed E-state index contributed by atoms with van der Waals surface area (Å²) >= 11 is 0. The van der Waals surface area contributed by atoms with Crippen molar-refractivity contribution in [2.45, 2.75) is 5.16 Å². The number of sulfonamides is 1. The van der Waals surface area contributed by atoms with Crippen LogP contribution in [0.4, 0.5) is 0 Å². The molecule has 9 heteroatoms. The van der Waals surface area contributed by atoms with Gasteiger partial charge < -0.3 is 0 Å². The Morgan fingerprint density at radius 2 is 2.00 bits per heavy atom. The lowest BCUT2D eigenvalue weighted by molar-refractivity contribution is 0.580. The normalized spacial score (nSPS) is 11.9. The summed E-state index contributed by atoms with van der Waals surface area (Å²) in [4.78, 5) is 0. The van der Waals surface area contributed by atoms with Gasteiger partial charge in [-0.05, 0) is 6.07 Å². The number of hydrogen-bond acceptors (Lipinski definition) is 5. The van der Waals surface area contributed by atoms with Crippen LogP contribution in [0.2, 0.25) is 0 Å². The van der Waals surface area contributed by atoms with Crippen molar-refractivity contribution in [1.29, 1.82) is 0 Å². The van der Waals surface area contributed by atoms with Crippen LogP contribution in [0.15, 0.2) is 17.4 Å². The van der Waals surface area contributed by atoms with E-state index in [0.29, 0.717) is 11.5 Å². The topological polar surface area (TPSA) is 109 Å². The van der Waals surface area contributed by atoms with Gasteiger partial charge in [-0.1, -0.05) is 0 Å². The highest BCUT2D eigenvalue weighted by atomic mass is 32.2. The first kappa shape index (κ1) is 10.8. The molecule has 0 aliphatic carbocycles. The zero-order chi connectivity index (χ0) is 11.9. The van der Waals surface area contributed by atoms with Crippen molar-refractivity contribution in [2.75, 3.05) is 0 Å². The maximum Gasteiger partial charge on any atom is 0.273 e. The average Bonchev–Trinajstić information content (AvgIpc) is 2.70. The minimum atomic E-state index is -3.86. The Kier molecular flexibility index (Phi) is 2.28. The molecule has 0 saturated carbocycles. The Labute approximate surface area is 91.8 Å². The van der Waals surface area contributed by atoms with Crippen molar-refractivity contribution in [3.63, 3.8) is 0 Å². The largest absolute Gasteiger partial charge is 0.299 e. The van der Waals surface area contributed by atoms with E-state index < -0.39 is 10.0 Å². The lowest BCUT2D eigenvalue weighted by Crippen LogP contribution is -2.17. The van der Waals surface area contributed by atoms with Gasteiger partial charge in [-0.2, -0.15) is 5.10 Å². The van der Waals surface area contributed by atoms with Crippen LogP contribution < -0.4 is 5.14 Å². The first-order valence-electron chi connectivity index (χ1n) is 4.32. The van der Waals surface area contributed by atoms with E-state index in [1.54, 1.807) is 24.0 Å². The minimum Gasteiger partial charge on any atom is -0.299 e. The van der Waals surface area contributed by atoms with Crippen LogP contribution in [0.1, 0.15) is 0 Å². The fraction of sp³-hybridized carbons (Fsp3) is 0.286. The molecule has 2 aromatic rings. The zero-order valence-corrected chi connectivity index (χ0v) is 9.51. The molecule has 0 aliphatic heterocycles. The standard InChI is InChI=1S/C7H10N6O2S/c1-12-6(5-3-4-9-13(5)2)10-11-7(12)16(8,14)15/h3-4H,1-2H3,(H2,8,14,15). The summed E-state index contributed by atoms with van der Waals surface area (Å²) in [6, 6.07) is 1.71. The number of aryl methyl sites for hydroxylation is 1. The number of rotatable bonds is 2. The van der Waals surface area contributed by atoms with E-state index in [0.717, 1.165) is 0 Å². The van der Waals surface area contributed by atoms with Crippen LogP contribution in [0.3, 0.4) is 0 Å². The van der Waals surface area contributed by atoms with Crippen LogP contribution in [0.25, 0.3) is 11.5 Å². The number of aromatic nitrogens is 5. The zero-order valence-electron chi connectivity index (χ0n) is 8.69. The summed E-state index contributed by atoms with van der Waals surface area (Å²) in [7, 11) is -0.604. The summed E-state index contributed by atoms with van der Waals surface area (Å²) in [6.07, 6.45) is 1.58. The van der Waals surface area contributed by atoms with Crippen LogP contribution in [-0.4, -0.2) is 33.0 Å². The summed E-state index contributed by atoms with van der Waals surface area (Å²) in [5.74, 6) is 0.393. The van der Waals surface area contributed by atoms with Gasteiger partial charge in [-0.3, -0.25) is 9.25 Å². The van der Waals surface area contributed by atoms with Gasteiger partial charge in [0.05, 0.1) is 0 Å². The van der Waals surface area contributed by atoms with E-state index in [1.807, 2.05) is 0 Å². The van der Waals surface area contributed by atoms with Gasteiger partial charge in [0.1, 0.15) is 5.69 Å². The Morgan fingerprint density at radius 1 is 1.31 bits per heavy atom. The van der Waals surface area contributed by atoms with Gasteiger partial charge in [0, 0.05) is 20.3 Å². The van der Waals surface area contributed by atoms with E-state index >= 15 is 0 Å². The summed E-state index contributed by atoms with van der Waals surface area (Å²) in [6.45, 7) is 0. The summed E-state index contributed by atoms with van der Waals surface area (Å²) in [5.41, 5.74) is 0.657. The van der Waals surface area contributed by atoms with E-state index in [1.165, 1.54) is 11.6 Å². The molecule has 0 saturated heterocycles.